The fourth-order valence-electron chi connectivity index (χ4n) is 3.96. The second-order valence-electron chi connectivity index (χ2n) is 8.36. The average molecular weight is 468 g/mol. The minimum absolute atomic E-state index is 0.151. The van der Waals surface area contributed by atoms with Crippen LogP contribution in [0.4, 0.5) is 0 Å². The molecule has 0 saturated heterocycles. The van der Waals surface area contributed by atoms with Crippen molar-refractivity contribution in [1.29, 1.82) is 0 Å². The lowest BCUT2D eigenvalue weighted by Gasteiger charge is -2.13. The van der Waals surface area contributed by atoms with Gasteiger partial charge in [0, 0.05) is 17.7 Å². The third kappa shape index (κ3) is 5.85. The molecule has 34 heavy (non-hydrogen) atoms. The van der Waals surface area contributed by atoms with Gasteiger partial charge in [0.25, 0.3) is 5.91 Å². The smallest absolute Gasteiger partial charge is 0.307 e. The number of rotatable bonds is 12. The van der Waals surface area contributed by atoms with Crippen LogP contribution in [0, 0.1) is 6.92 Å². The molecule has 1 N–H and O–H groups in total. The molecule has 0 radical (unpaired) electrons. The van der Waals surface area contributed by atoms with E-state index in [1.807, 2.05) is 31.2 Å². The van der Waals surface area contributed by atoms with Crippen LogP contribution in [-0.2, 0) is 20.7 Å². The van der Waals surface area contributed by atoms with Crippen LogP contribution in [0.3, 0.4) is 0 Å². The van der Waals surface area contributed by atoms with Gasteiger partial charge in [0.05, 0.1) is 37.3 Å². The van der Waals surface area contributed by atoms with Gasteiger partial charge in [-0.25, -0.2) is 0 Å². The maximum absolute atomic E-state index is 13.7. The highest BCUT2D eigenvalue weighted by atomic mass is 16.5. The van der Waals surface area contributed by atoms with Crippen LogP contribution in [0.5, 0.6) is 5.75 Å². The number of carboxylic acid groups (broad SMARTS) is 1. The molecule has 1 heterocycles. The minimum Gasteiger partial charge on any atom is -0.490 e. The number of aromatic nitrogens is 1. The summed E-state index contributed by atoms with van der Waals surface area (Å²) in [4.78, 5) is 25.3. The Hall–Kier alpha value is -3.16. The van der Waals surface area contributed by atoms with Crippen molar-refractivity contribution in [2.75, 3.05) is 33.0 Å². The quantitative estimate of drug-likeness (QED) is 0.384. The highest BCUT2D eigenvalue weighted by Gasteiger charge is 2.23. The molecule has 182 valence electrons. The van der Waals surface area contributed by atoms with Gasteiger partial charge < -0.3 is 19.3 Å². The minimum atomic E-state index is -0.933. The summed E-state index contributed by atoms with van der Waals surface area (Å²) in [6.45, 7) is 10.2. The molecule has 7 nitrogen and oxygen atoms in total. The number of aliphatic carboxylic acids is 1. The van der Waals surface area contributed by atoms with E-state index in [0.29, 0.717) is 61.1 Å². The maximum atomic E-state index is 13.7. The number of hydrogen-bond acceptors (Lipinski definition) is 5. The molecule has 0 amide bonds. The van der Waals surface area contributed by atoms with Gasteiger partial charge in [-0.15, -0.1) is 0 Å². The molecule has 3 rings (SSSR count). The summed E-state index contributed by atoms with van der Waals surface area (Å²) in [7, 11) is 0. The van der Waals surface area contributed by atoms with Crippen molar-refractivity contribution in [1.82, 2.24) is 4.57 Å². The number of carbonyl (C=O) groups excluding carboxylic acids is 1. The van der Waals surface area contributed by atoms with Gasteiger partial charge in [0.1, 0.15) is 12.4 Å². The van der Waals surface area contributed by atoms with E-state index in [1.54, 1.807) is 29.7 Å². The molecule has 7 heteroatoms. The zero-order valence-electron chi connectivity index (χ0n) is 20.3. The lowest BCUT2D eigenvalue weighted by Crippen LogP contribution is -2.17. The first-order valence-corrected chi connectivity index (χ1v) is 11.6. The molecular weight excluding hydrogens is 434 g/mol. The molecule has 0 atom stereocenters. The Morgan fingerprint density at radius 2 is 1.71 bits per heavy atom. The highest BCUT2D eigenvalue weighted by Crippen LogP contribution is 2.31. The van der Waals surface area contributed by atoms with E-state index in [0.717, 1.165) is 10.9 Å². The summed E-state index contributed by atoms with van der Waals surface area (Å²) >= 11 is 0. The largest absolute Gasteiger partial charge is 0.490 e. The van der Waals surface area contributed by atoms with E-state index in [-0.39, 0.29) is 18.2 Å². The van der Waals surface area contributed by atoms with Crippen LogP contribution >= 0.6 is 0 Å². The van der Waals surface area contributed by atoms with Crippen LogP contribution in [-0.4, -0.2) is 54.6 Å². The van der Waals surface area contributed by atoms with Gasteiger partial charge in [-0.2, -0.15) is 0 Å². The molecule has 0 unspecified atom stereocenters. The Labute approximate surface area is 200 Å². The van der Waals surface area contributed by atoms with Gasteiger partial charge >= 0.3 is 5.97 Å². The molecule has 0 aliphatic heterocycles. The maximum Gasteiger partial charge on any atom is 0.307 e. The number of para-hydroxylation sites is 1. The van der Waals surface area contributed by atoms with Crippen molar-refractivity contribution >= 4 is 22.8 Å². The van der Waals surface area contributed by atoms with E-state index in [4.69, 9.17) is 14.2 Å². The summed E-state index contributed by atoms with van der Waals surface area (Å²) in [6.07, 6.45) is -0.151. The summed E-state index contributed by atoms with van der Waals surface area (Å²) in [5.41, 5.74) is 3.47. The standard InChI is InChI=1S/C27H33NO6/c1-5-32-12-13-33-14-15-34-25-9-7-6-8-21(25)27(31)28-19(4)22(17-26(29)30)23-16-20(18(2)3)10-11-24(23)28/h6-11,16,18H,5,12-15,17H2,1-4H3,(H,29,30). The fourth-order valence-corrected chi connectivity index (χ4v) is 3.96. The van der Waals surface area contributed by atoms with E-state index in [1.165, 1.54) is 0 Å². The van der Waals surface area contributed by atoms with Crippen LogP contribution < -0.4 is 4.74 Å². The van der Waals surface area contributed by atoms with E-state index in [2.05, 4.69) is 13.8 Å². The lowest BCUT2D eigenvalue weighted by molar-refractivity contribution is -0.136. The van der Waals surface area contributed by atoms with Crippen molar-refractivity contribution in [3.8, 4) is 5.75 Å². The number of benzene rings is 2. The van der Waals surface area contributed by atoms with E-state index >= 15 is 0 Å². The predicted molar refractivity (Wildman–Crippen MR) is 131 cm³/mol. The van der Waals surface area contributed by atoms with Crippen molar-refractivity contribution < 1.29 is 28.9 Å². The number of fused-ring (bicyclic) bond motifs is 1. The molecule has 0 aliphatic carbocycles. The number of carboxylic acids is 1. The van der Waals surface area contributed by atoms with Gasteiger partial charge in [-0.05, 0) is 55.2 Å². The molecule has 0 saturated carbocycles. The van der Waals surface area contributed by atoms with Crippen molar-refractivity contribution in [2.45, 2.75) is 40.0 Å². The lowest BCUT2D eigenvalue weighted by atomic mass is 9.99. The zero-order valence-corrected chi connectivity index (χ0v) is 20.3. The Kier molecular flexibility index (Phi) is 8.85. The normalized spacial score (nSPS) is 11.3. The monoisotopic (exact) mass is 467 g/mol. The topological polar surface area (TPSA) is 87.0 Å². The van der Waals surface area contributed by atoms with Crippen LogP contribution in [0.1, 0.15) is 53.9 Å². The first kappa shape index (κ1) is 25.5. The SMILES string of the molecule is CCOCCOCCOc1ccccc1C(=O)n1c(C)c(CC(=O)O)c2cc(C(C)C)ccc21. The van der Waals surface area contributed by atoms with Gasteiger partial charge in [0.2, 0.25) is 0 Å². The van der Waals surface area contributed by atoms with Crippen molar-refractivity contribution in [3.63, 3.8) is 0 Å². The third-order valence-corrected chi connectivity index (χ3v) is 5.74. The molecule has 1 aromatic heterocycles. The number of ether oxygens (including phenoxy) is 3. The van der Waals surface area contributed by atoms with Crippen molar-refractivity contribution in [3.05, 3.63) is 64.8 Å². The molecule has 3 aromatic rings. The van der Waals surface area contributed by atoms with Gasteiger partial charge in [-0.3, -0.25) is 14.2 Å². The molecule has 2 aromatic carbocycles. The Morgan fingerprint density at radius 3 is 2.41 bits per heavy atom. The first-order valence-electron chi connectivity index (χ1n) is 11.6. The Balaban J connectivity index is 1.91. The number of carbonyl (C=O) groups is 2. The Morgan fingerprint density at radius 1 is 1.00 bits per heavy atom. The molecule has 0 spiro atoms. The van der Waals surface area contributed by atoms with Crippen LogP contribution in [0.25, 0.3) is 10.9 Å². The van der Waals surface area contributed by atoms with Crippen LogP contribution in [0.2, 0.25) is 0 Å². The number of hydrogen-bond donors (Lipinski definition) is 1. The first-order chi connectivity index (χ1) is 16.3. The summed E-state index contributed by atoms with van der Waals surface area (Å²) in [5.74, 6) is -0.450. The second-order valence-corrected chi connectivity index (χ2v) is 8.36. The second kappa shape index (κ2) is 11.8. The molecule has 0 aliphatic rings. The highest BCUT2D eigenvalue weighted by molar-refractivity contribution is 6.06. The molecule has 0 bridgehead atoms. The van der Waals surface area contributed by atoms with Gasteiger partial charge in [0.15, 0.2) is 0 Å². The third-order valence-electron chi connectivity index (χ3n) is 5.74. The van der Waals surface area contributed by atoms with Crippen molar-refractivity contribution in [2.24, 2.45) is 0 Å². The molecule has 0 fully saturated rings. The van der Waals surface area contributed by atoms with E-state index in [9.17, 15) is 14.7 Å². The van der Waals surface area contributed by atoms with E-state index < -0.39 is 5.97 Å². The summed E-state index contributed by atoms with van der Waals surface area (Å²) in [6, 6.07) is 13.0. The van der Waals surface area contributed by atoms with Crippen LogP contribution in [0.15, 0.2) is 42.5 Å². The average Bonchev–Trinajstić information content (AvgIpc) is 3.08. The Bertz CT molecular complexity index is 1150. The fraction of sp³-hybridized carbons (Fsp3) is 0.407. The van der Waals surface area contributed by atoms with Gasteiger partial charge in [-0.1, -0.05) is 32.0 Å². The summed E-state index contributed by atoms with van der Waals surface area (Å²) < 4.78 is 18.2. The molecular formula is C27H33NO6. The predicted octanol–water partition coefficient (Wildman–Crippen LogP) is 4.82. The number of nitrogens with zero attached hydrogens (tertiary/aromatic N) is 1. The zero-order chi connectivity index (χ0) is 24.7. The summed E-state index contributed by atoms with van der Waals surface area (Å²) in [5, 5.41) is 10.3.